The van der Waals surface area contributed by atoms with Gasteiger partial charge in [-0.25, -0.2) is 0 Å². The largest absolute Gasteiger partial charge is 0.490 e. The molecule has 2 rings (SSSR count). The highest BCUT2D eigenvalue weighted by Gasteiger charge is 2.06. The van der Waals surface area contributed by atoms with Crippen molar-refractivity contribution < 1.29 is 9.47 Å². The summed E-state index contributed by atoms with van der Waals surface area (Å²) in [6.07, 6.45) is 0. The highest BCUT2D eigenvalue weighted by atomic mass is 35.5. The summed E-state index contributed by atoms with van der Waals surface area (Å²) in [7, 11) is 1.89. The van der Waals surface area contributed by atoms with Gasteiger partial charge in [-0.15, -0.1) is 0 Å². The van der Waals surface area contributed by atoms with Crippen molar-refractivity contribution in [2.45, 2.75) is 20.4 Å². The molecular formula is C18H21Cl2NO2. The Morgan fingerprint density at radius 2 is 1.61 bits per heavy atom. The molecule has 0 aliphatic heterocycles. The monoisotopic (exact) mass is 353 g/mol. The summed E-state index contributed by atoms with van der Waals surface area (Å²) < 4.78 is 11.5. The van der Waals surface area contributed by atoms with Crippen molar-refractivity contribution in [1.82, 2.24) is 5.32 Å². The highest BCUT2D eigenvalue weighted by molar-refractivity contribution is 6.32. The van der Waals surface area contributed by atoms with E-state index in [2.05, 4.69) is 5.32 Å². The maximum Gasteiger partial charge on any atom is 0.124 e. The summed E-state index contributed by atoms with van der Waals surface area (Å²) in [4.78, 5) is 0. The van der Waals surface area contributed by atoms with Crippen LogP contribution in [0.25, 0.3) is 0 Å². The second-order valence-electron chi connectivity index (χ2n) is 5.35. The molecule has 0 spiro atoms. The summed E-state index contributed by atoms with van der Waals surface area (Å²) in [5, 5.41) is 4.59. The molecule has 5 heteroatoms. The minimum absolute atomic E-state index is 0.457. The van der Waals surface area contributed by atoms with Gasteiger partial charge in [0.2, 0.25) is 0 Å². The van der Waals surface area contributed by atoms with Crippen LogP contribution in [-0.4, -0.2) is 20.3 Å². The molecule has 2 aromatic carbocycles. The lowest BCUT2D eigenvalue weighted by Crippen LogP contribution is -2.12. The number of hydrogen-bond acceptors (Lipinski definition) is 3. The zero-order valence-electron chi connectivity index (χ0n) is 13.6. The van der Waals surface area contributed by atoms with Gasteiger partial charge in [-0.3, -0.25) is 0 Å². The molecule has 0 saturated carbocycles. The topological polar surface area (TPSA) is 30.5 Å². The lowest BCUT2D eigenvalue weighted by atomic mass is 10.1. The maximum atomic E-state index is 6.15. The van der Waals surface area contributed by atoms with Crippen LogP contribution in [0.2, 0.25) is 10.0 Å². The van der Waals surface area contributed by atoms with Crippen molar-refractivity contribution in [2.24, 2.45) is 0 Å². The van der Waals surface area contributed by atoms with Crippen LogP contribution < -0.4 is 14.8 Å². The molecule has 0 heterocycles. The quantitative estimate of drug-likeness (QED) is 0.726. The Kier molecular flexibility index (Phi) is 6.58. The van der Waals surface area contributed by atoms with Crippen LogP contribution in [0.1, 0.15) is 16.7 Å². The van der Waals surface area contributed by atoms with E-state index in [9.17, 15) is 0 Å². The maximum absolute atomic E-state index is 6.15. The number of rotatable bonds is 7. The summed E-state index contributed by atoms with van der Waals surface area (Å²) in [5.41, 5.74) is 3.05. The van der Waals surface area contributed by atoms with Crippen molar-refractivity contribution in [3.63, 3.8) is 0 Å². The average Bonchev–Trinajstić information content (AvgIpc) is 2.51. The lowest BCUT2D eigenvalue weighted by Gasteiger charge is -2.13. The first-order chi connectivity index (χ1) is 11.0. The van der Waals surface area contributed by atoms with Crippen LogP contribution in [0.3, 0.4) is 0 Å². The molecule has 0 radical (unpaired) electrons. The Labute approximate surface area is 147 Å². The van der Waals surface area contributed by atoms with Gasteiger partial charge < -0.3 is 14.8 Å². The summed E-state index contributed by atoms with van der Waals surface area (Å²) in [6, 6.07) is 9.47. The molecule has 0 aliphatic carbocycles. The van der Waals surface area contributed by atoms with Crippen molar-refractivity contribution in [3.05, 3.63) is 57.1 Å². The number of hydrogen-bond donors (Lipinski definition) is 1. The predicted molar refractivity (Wildman–Crippen MR) is 96.1 cm³/mol. The molecule has 3 nitrogen and oxygen atoms in total. The van der Waals surface area contributed by atoms with Gasteiger partial charge in [0.1, 0.15) is 24.7 Å². The zero-order chi connectivity index (χ0) is 16.8. The van der Waals surface area contributed by atoms with E-state index in [1.807, 2.05) is 51.2 Å². The number of aryl methyl sites for hydroxylation is 2. The SMILES string of the molecule is CNCc1cc(Cl)ccc1OCCOc1cc(C)c(Cl)c(C)c1. The van der Waals surface area contributed by atoms with Crippen molar-refractivity contribution in [1.29, 1.82) is 0 Å². The molecule has 0 unspecified atom stereocenters. The van der Waals surface area contributed by atoms with Crippen molar-refractivity contribution in [3.8, 4) is 11.5 Å². The summed E-state index contributed by atoms with van der Waals surface area (Å²) in [6.45, 7) is 5.56. The van der Waals surface area contributed by atoms with Crippen LogP contribution >= 0.6 is 23.2 Å². The molecular weight excluding hydrogens is 333 g/mol. The van der Waals surface area contributed by atoms with Gasteiger partial charge in [0.05, 0.1) is 0 Å². The molecule has 2 aromatic rings. The minimum Gasteiger partial charge on any atom is -0.490 e. The van der Waals surface area contributed by atoms with E-state index in [1.165, 1.54) is 0 Å². The Morgan fingerprint density at radius 1 is 0.957 bits per heavy atom. The minimum atomic E-state index is 0.457. The second-order valence-corrected chi connectivity index (χ2v) is 6.16. The van der Waals surface area contributed by atoms with Gasteiger partial charge in [0.15, 0.2) is 0 Å². The molecule has 23 heavy (non-hydrogen) atoms. The van der Waals surface area contributed by atoms with Crippen LogP contribution in [0.15, 0.2) is 30.3 Å². The number of nitrogens with one attached hydrogen (secondary N) is 1. The standard InChI is InChI=1S/C18H21Cl2NO2/c1-12-8-16(9-13(2)18(12)20)22-6-7-23-17-5-4-15(19)10-14(17)11-21-3/h4-5,8-10,21H,6-7,11H2,1-3H3. The fraction of sp³-hybridized carbons (Fsp3) is 0.333. The third-order valence-electron chi connectivity index (χ3n) is 3.41. The first-order valence-electron chi connectivity index (χ1n) is 7.46. The average molecular weight is 354 g/mol. The normalized spacial score (nSPS) is 10.7. The molecule has 0 bridgehead atoms. The third kappa shape index (κ3) is 5.03. The van der Waals surface area contributed by atoms with E-state index >= 15 is 0 Å². The van der Waals surface area contributed by atoms with Gasteiger partial charge in [0.25, 0.3) is 0 Å². The highest BCUT2D eigenvalue weighted by Crippen LogP contribution is 2.26. The number of benzene rings is 2. The van der Waals surface area contributed by atoms with Gasteiger partial charge in [-0.05, 0) is 62.4 Å². The smallest absolute Gasteiger partial charge is 0.124 e. The van der Waals surface area contributed by atoms with Crippen LogP contribution in [0.4, 0.5) is 0 Å². The molecule has 0 saturated heterocycles. The summed E-state index contributed by atoms with van der Waals surface area (Å²) in [5.74, 6) is 1.62. The molecule has 1 N–H and O–H groups in total. The van der Waals surface area contributed by atoms with E-state index in [0.717, 1.165) is 33.2 Å². The fourth-order valence-corrected chi connectivity index (χ4v) is 2.62. The molecule has 0 aliphatic rings. The predicted octanol–water partition coefficient (Wildman–Crippen LogP) is 4.79. The molecule has 0 atom stereocenters. The number of ether oxygens (including phenoxy) is 2. The van der Waals surface area contributed by atoms with Crippen LogP contribution in [-0.2, 0) is 6.54 Å². The van der Waals surface area contributed by atoms with E-state index in [0.29, 0.717) is 24.8 Å². The van der Waals surface area contributed by atoms with Gasteiger partial charge >= 0.3 is 0 Å². The second kappa shape index (κ2) is 8.44. The number of halogens is 2. The van der Waals surface area contributed by atoms with Gasteiger partial charge in [-0.2, -0.15) is 0 Å². The van der Waals surface area contributed by atoms with E-state index in [4.69, 9.17) is 32.7 Å². The molecule has 0 amide bonds. The van der Waals surface area contributed by atoms with Gasteiger partial charge in [-0.1, -0.05) is 23.2 Å². The Bertz CT molecular complexity index is 651. The first kappa shape index (κ1) is 17.9. The lowest BCUT2D eigenvalue weighted by molar-refractivity contribution is 0.215. The Hall–Kier alpha value is -1.42. The Morgan fingerprint density at radius 3 is 2.26 bits per heavy atom. The third-order valence-corrected chi connectivity index (χ3v) is 4.24. The van der Waals surface area contributed by atoms with Crippen molar-refractivity contribution in [2.75, 3.05) is 20.3 Å². The fourth-order valence-electron chi connectivity index (χ4n) is 2.32. The van der Waals surface area contributed by atoms with E-state index < -0.39 is 0 Å². The van der Waals surface area contributed by atoms with E-state index in [-0.39, 0.29) is 0 Å². The summed E-state index contributed by atoms with van der Waals surface area (Å²) >= 11 is 12.2. The van der Waals surface area contributed by atoms with E-state index in [1.54, 1.807) is 0 Å². The first-order valence-corrected chi connectivity index (χ1v) is 8.22. The molecule has 124 valence electrons. The molecule has 0 fully saturated rings. The van der Waals surface area contributed by atoms with Gasteiger partial charge in [0, 0.05) is 22.2 Å². The van der Waals surface area contributed by atoms with Crippen LogP contribution in [0, 0.1) is 13.8 Å². The zero-order valence-corrected chi connectivity index (χ0v) is 15.1. The molecule has 0 aromatic heterocycles. The van der Waals surface area contributed by atoms with Crippen molar-refractivity contribution >= 4 is 23.2 Å². The Balaban J connectivity index is 1.91. The van der Waals surface area contributed by atoms with Crippen LogP contribution in [0.5, 0.6) is 11.5 Å².